The molecule has 2 aromatic carbocycles. The van der Waals surface area contributed by atoms with Gasteiger partial charge in [-0.3, -0.25) is 10.4 Å². The fraction of sp³-hybridized carbons (Fsp3) is 0.0588. The van der Waals surface area contributed by atoms with E-state index in [1.807, 2.05) is 55.5 Å². The van der Waals surface area contributed by atoms with Gasteiger partial charge in [0.15, 0.2) is 0 Å². The molecule has 0 aliphatic carbocycles. The lowest BCUT2D eigenvalue weighted by molar-refractivity contribution is 1.24. The van der Waals surface area contributed by atoms with E-state index in [0.29, 0.717) is 5.02 Å². The summed E-state index contributed by atoms with van der Waals surface area (Å²) in [5.74, 6) is 0. The molecule has 0 aliphatic rings. The second kappa shape index (κ2) is 6.46. The fourth-order valence-electron chi connectivity index (χ4n) is 2.15. The molecule has 3 rings (SSSR count). The maximum Gasteiger partial charge on any atom is 0.0727 e. The molecule has 0 saturated carbocycles. The third-order valence-corrected chi connectivity index (χ3v) is 3.91. The van der Waals surface area contributed by atoms with Gasteiger partial charge in [0.1, 0.15) is 0 Å². The Morgan fingerprint density at radius 1 is 1.14 bits per heavy atom. The molecule has 0 aliphatic heterocycles. The minimum atomic E-state index is 0.714. The fourth-order valence-corrected chi connectivity index (χ4v) is 2.64. The minimum Gasteiger partial charge on any atom is -0.278 e. The molecular weight excluding hydrogens is 362 g/mol. The summed E-state index contributed by atoms with van der Waals surface area (Å²) in [4.78, 5) is 4.53. The summed E-state index contributed by atoms with van der Waals surface area (Å²) in [6, 6.07) is 15.5. The first-order valence-electron chi connectivity index (χ1n) is 6.73. The normalized spacial score (nSPS) is 11.2. The zero-order valence-corrected chi connectivity index (χ0v) is 14.2. The lowest BCUT2D eigenvalue weighted by Crippen LogP contribution is -1.94. The van der Waals surface area contributed by atoms with Gasteiger partial charge in [0.2, 0.25) is 0 Å². The Kier molecular flexibility index (Phi) is 4.41. The first-order chi connectivity index (χ1) is 10.6. The summed E-state index contributed by atoms with van der Waals surface area (Å²) in [5, 5.41) is 6.04. The molecule has 0 amide bonds. The number of rotatable bonds is 3. The first kappa shape index (κ1) is 15.0. The molecule has 3 aromatic rings. The summed E-state index contributed by atoms with van der Waals surface area (Å²) in [5.41, 5.74) is 6.88. The molecule has 1 aromatic heterocycles. The first-order valence-corrected chi connectivity index (χ1v) is 7.90. The molecule has 0 saturated heterocycles. The number of nitrogens with zero attached hydrogens (tertiary/aromatic N) is 2. The van der Waals surface area contributed by atoms with Crippen LogP contribution in [-0.2, 0) is 0 Å². The van der Waals surface area contributed by atoms with Crippen molar-refractivity contribution < 1.29 is 0 Å². The minimum absolute atomic E-state index is 0.714. The highest BCUT2D eigenvalue weighted by Gasteiger charge is 2.04. The summed E-state index contributed by atoms with van der Waals surface area (Å²) in [6.07, 6.45) is 1.76. The van der Waals surface area contributed by atoms with E-state index in [-0.39, 0.29) is 0 Å². The van der Waals surface area contributed by atoms with E-state index >= 15 is 0 Å². The van der Waals surface area contributed by atoms with Crippen LogP contribution in [0.1, 0.15) is 11.3 Å². The number of aromatic nitrogens is 1. The van der Waals surface area contributed by atoms with Crippen LogP contribution >= 0.6 is 27.5 Å². The predicted molar refractivity (Wildman–Crippen MR) is 96.8 cm³/mol. The average Bonchev–Trinajstić information content (AvgIpc) is 2.50. The molecule has 1 N–H and O–H groups in total. The molecular formula is C17H13BrClN3. The quantitative estimate of drug-likeness (QED) is 0.492. The van der Waals surface area contributed by atoms with Crippen molar-refractivity contribution in [2.75, 3.05) is 5.43 Å². The van der Waals surface area contributed by atoms with Gasteiger partial charge in [-0.25, -0.2) is 0 Å². The van der Waals surface area contributed by atoms with Crippen molar-refractivity contribution in [3.8, 4) is 0 Å². The van der Waals surface area contributed by atoms with Gasteiger partial charge in [-0.2, -0.15) is 5.10 Å². The Morgan fingerprint density at radius 3 is 2.68 bits per heavy atom. The van der Waals surface area contributed by atoms with Crippen molar-refractivity contribution >= 4 is 50.3 Å². The molecule has 0 radical (unpaired) electrons. The monoisotopic (exact) mass is 373 g/mol. The van der Waals surface area contributed by atoms with Crippen molar-refractivity contribution in [2.24, 2.45) is 5.10 Å². The second-order valence-corrected chi connectivity index (χ2v) is 6.25. The number of pyridine rings is 1. The Balaban J connectivity index is 1.90. The van der Waals surface area contributed by atoms with Crippen LogP contribution in [0.25, 0.3) is 10.9 Å². The van der Waals surface area contributed by atoms with Crippen molar-refractivity contribution in [3.63, 3.8) is 0 Å². The van der Waals surface area contributed by atoms with Crippen LogP contribution in [0.2, 0.25) is 5.02 Å². The van der Waals surface area contributed by atoms with E-state index in [1.165, 1.54) is 0 Å². The highest BCUT2D eigenvalue weighted by atomic mass is 79.9. The van der Waals surface area contributed by atoms with Crippen molar-refractivity contribution in [3.05, 3.63) is 69.3 Å². The number of aryl methyl sites for hydroxylation is 1. The van der Waals surface area contributed by atoms with Gasteiger partial charge in [-0.15, -0.1) is 0 Å². The molecule has 1 heterocycles. The number of halogens is 2. The van der Waals surface area contributed by atoms with Crippen molar-refractivity contribution in [1.29, 1.82) is 0 Å². The SMILES string of the molecule is Cc1cc(N/N=C/c2ccc(Cl)cc2)c2cc(Br)ccc2n1. The Labute approximate surface area is 142 Å². The average molecular weight is 375 g/mol. The molecule has 0 unspecified atom stereocenters. The number of hydrazone groups is 1. The van der Waals surface area contributed by atoms with Crippen LogP contribution in [0.5, 0.6) is 0 Å². The van der Waals surface area contributed by atoms with Crippen LogP contribution in [0.3, 0.4) is 0 Å². The molecule has 22 heavy (non-hydrogen) atoms. The van der Waals surface area contributed by atoms with Gasteiger partial charge in [-0.1, -0.05) is 39.7 Å². The maximum atomic E-state index is 5.87. The van der Waals surface area contributed by atoms with Gasteiger partial charge in [0.25, 0.3) is 0 Å². The molecule has 0 fully saturated rings. The van der Waals surface area contributed by atoms with E-state index < -0.39 is 0 Å². The van der Waals surface area contributed by atoms with Crippen LogP contribution in [-0.4, -0.2) is 11.2 Å². The Morgan fingerprint density at radius 2 is 1.91 bits per heavy atom. The number of fused-ring (bicyclic) bond motifs is 1. The zero-order chi connectivity index (χ0) is 15.5. The summed E-state index contributed by atoms with van der Waals surface area (Å²) in [6.45, 7) is 1.97. The third kappa shape index (κ3) is 3.46. The summed E-state index contributed by atoms with van der Waals surface area (Å²) in [7, 11) is 0. The standard InChI is InChI=1S/C17H13BrClN3/c1-11-8-17(15-9-13(18)4-7-16(15)21-11)22-20-10-12-2-5-14(19)6-3-12/h2-10H,1H3,(H,21,22)/b20-10+. The van der Waals surface area contributed by atoms with Gasteiger partial charge in [-0.05, 0) is 48.9 Å². The number of anilines is 1. The summed E-state index contributed by atoms with van der Waals surface area (Å²) < 4.78 is 1.01. The maximum absolute atomic E-state index is 5.87. The highest BCUT2D eigenvalue weighted by molar-refractivity contribution is 9.10. The smallest absolute Gasteiger partial charge is 0.0727 e. The second-order valence-electron chi connectivity index (χ2n) is 4.89. The number of hydrogen-bond acceptors (Lipinski definition) is 3. The molecule has 5 heteroatoms. The predicted octanol–water partition coefficient (Wildman–Crippen LogP) is 5.41. The molecule has 0 spiro atoms. The van der Waals surface area contributed by atoms with Crippen LogP contribution in [0.4, 0.5) is 5.69 Å². The van der Waals surface area contributed by atoms with E-state index in [0.717, 1.165) is 32.3 Å². The van der Waals surface area contributed by atoms with Gasteiger partial charge >= 0.3 is 0 Å². The molecule has 0 bridgehead atoms. The van der Waals surface area contributed by atoms with Crippen LogP contribution < -0.4 is 5.43 Å². The topological polar surface area (TPSA) is 37.3 Å². The van der Waals surface area contributed by atoms with Gasteiger partial charge in [0, 0.05) is 20.6 Å². The van der Waals surface area contributed by atoms with E-state index in [1.54, 1.807) is 6.21 Å². The molecule has 0 atom stereocenters. The Hall–Kier alpha value is -1.91. The van der Waals surface area contributed by atoms with E-state index in [2.05, 4.69) is 31.4 Å². The van der Waals surface area contributed by atoms with Crippen LogP contribution in [0, 0.1) is 6.92 Å². The van der Waals surface area contributed by atoms with E-state index in [9.17, 15) is 0 Å². The zero-order valence-electron chi connectivity index (χ0n) is 11.8. The third-order valence-electron chi connectivity index (χ3n) is 3.17. The Bertz CT molecular complexity index is 844. The van der Waals surface area contributed by atoms with Crippen molar-refractivity contribution in [2.45, 2.75) is 6.92 Å². The lowest BCUT2D eigenvalue weighted by atomic mass is 10.1. The number of hydrogen-bond donors (Lipinski definition) is 1. The molecule has 110 valence electrons. The molecule has 3 nitrogen and oxygen atoms in total. The number of benzene rings is 2. The summed E-state index contributed by atoms with van der Waals surface area (Å²) >= 11 is 9.36. The number of nitrogens with one attached hydrogen (secondary N) is 1. The van der Waals surface area contributed by atoms with Crippen molar-refractivity contribution in [1.82, 2.24) is 4.98 Å². The van der Waals surface area contributed by atoms with Gasteiger partial charge < -0.3 is 0 Å². The van der Waals surface area contributed by atoms with Gasteiger partial charge in [0.05, 0.1) is 17.4 Å². The largest absolute Gasteiger partial charge is 0.278 e. The van der Waals surface area contributed by atoms with Crippen LogP contribution in [0.15, 0.2) is 58.1 Å². The van der Waals surface area contributed by atoms with E-state index in [4.69, 9.17) is 11.6 Å². The highest BCUT2D eigenvalue weighted by Crippen LogP contribution is 2.26. The lowest BCUT2D eigenvalue weighted by Gasteiger charge is -2.07.